The first-order valence-electron chi connectivity index (χ1n) is 19.0. The Morgan fingerprint density at radius 3 is 1.83 bits per heavy atom. The molecule has 0 aromatic heterocycles. The van der Waals surface area contributed by atoms with Crippen molar-refractivity contribution in [1.82, 2.24) is 4.31 Å². The summed E-state index contributed by atoms with van der Waals surface area (Å²) >= 11 is 0. The molecule has 1 saturated heterocycles. The highest BCUT2D eigenvalue weighted by Gasteiger charge is 2.48. The van der Waals surface area contributed by atoms with Crippen LogP contribution in [0.5, 0.6) is 5.75 Å². The average molecular weight is 837 g/mol. The number of rotatable bonds is 13. The lowest BCUT2D eigenvalue weighted by Crippen LogP contribution is -2.59. The van der Waals surface area contributed by atoms with Crippen LogP contribution in [0.2, 0.25) is 0 Å². The largest absolute Gasteiger partial charge is 0.488 e. The molecule has 59 heavy (non-hydrogen) atoms. The maximum Gasteiger partial charge on any atom is 0.342 e. The number of nitrogens with zero attached hydrogens (tertiary/aromatic N) is 2. The normalized spacial score (nSPS) is 16.0. The summed E-state index contributed by atoms with van der Waals surface area (Å²) in [6.07, 6.45) is 5.10. The molecule has 308 valence electrons. The Kier molecular flexibility index (Phi) is 12.4. The summed E-state index contributed by atoms with van der Waals surface area (Å²) in [7, 11) is -5.52. The number of benzene rings is 5. The molecule has 5 aromatic rings. The summed E-state index contributed by atoms with van der Waals surface area (Å²) in [6.45, 7) is -1.14. The minimum Gasteiger partial charge on any atom is -0.488 e. The van der Waals surface area contributed by atoms with Crippen molar-refractivity contribution >= 4 is 27.6 Å². The summed E-state index contributed by atoms with van der Waals surface area (Å²) in [4.78, 5) is 26.8. The van der Waals surface area contributed by atoms with Crippen LogP contribution >= 0.6 is 0 Å². The minimum absolute atomic E-state index is 0.0992. The van der Waals surface area contributed by atoms with E-state index in [2.05, 4.69) is 0 Å². The zero-order chi connectivity index (χ0) is 41.8. The van der Waals surface area contributed by atoms with Crippen molar-refractivity contribution in [2.24, 2.45) is 0 Å². The molecule has 1 heterocycles. The predicted octanol–water partition coefficient (Wildman–Crippen LogP) is 9.50. The quantitative estimate of drug-likeness (QED) is 0.0508. The molecule has 1 amide bonds. The molecular formula is C44H38F6N2O6S. The van der Waals surface area contributed by atoms with Crippen LogP contribution in [0, 0.1) is 34.9 Å². The van der Waals surface area contributed by atoms with Gasteiger partial charge >= 0.3 is 5.97 Å². The highest BCUT2D eigenvalue weighted by atomic mass is 32.2. The maximum absolute atomic E-state index is 16.5. The van der Waals surface area contributed by atoms with Crippen molar-refractivity contribution in [2.75, 3.05) is 11.4 Å². The maximum atomic E-state index is 16.5. The Hall–Kier alpha value is -5.67. The van der Waals surface area contributed by atoms with E-state index in [4.69, 9.17) is 9.47 Å². The van der Waals surface area contributed by atoms with Crippen molar-refractivity contribution in [3.05, 3.63) is 160 Å². The number of sulfonamides is 1. The lowest BCUT2D eigenvalue weighted by molar-refractivity contribution is -0.125. The van der Waals surface area contributed by atoms with Crippen molar-refractivity contribution < 1.29 is 53.8 Å². The Balaban J connectivity index is 1.27. The molecule has 0 bridgehead atoms. The molecule has 1 saturated carbocycles. The van der Waals surface area contributed by atoms with Gasteiger partial charge in [-0.2, -0.15) is 4.31 Å². The molecule has 1 aliphatic carbocycles. The average Bonchev–Trinajstić information content (AvgIpc) is 3.23. The Labute approximate surface area is 337 Å². The van der Waals surface area contributed by atoms with Gasteiger partial charge in [-0.3, -0.25) is 4.79 Å². The van der Waals surface area contributed by atoms with Crippen molar-refractivity contribution in [3.8, 4) is 5.75 Å². The monoisotopic (exact) mass is 836 g/mol. The fourth-order valence-corrected chi connectivity index (χ4v) is 9.11. The second-order valence-corrected chi connectivity index (χ2v) is 16.3. The van der Waals surface area contributed by atoms with E-state index >= 15 is 4.39 Å². The van der Waals surface area contributed by atoms with Crippen LogP contribution in [0.1, 0.15) is 77.1 Å². The van der Waals surface area contributed by atoms with Crippen molar-refractivity contribution in [3.63, 3.8) is 0 Å². The van der Waals surface area contributed by atoms with Gasteiger partial charge in [-0.25, -0.2) is 39.6 Å². The van der Waals surface area contributed by atoms with E-state index < -0.39 is 80.0 Å². The predicted molar refractivity (Wildman–Crippen MR) is 205 cm³/mol. The number of amides is 1. The molecule has 0 radical (unpaired) electrons. The van der Waals surface area contributed by atoms with Gasteiger partial charge in [0.1, 0.15) is 36.4 Å². The molecule has 8 nitrogen and oxygen atoms in total. The fourth-order valence-electron chi connectivity index (χ4n) is 7.37. The third-order valence-electron chi connectivity index (χ3n) is 10.7. The number of halogens is 6. The van der Waals surface area contributed by atoms with Crippen LogP contribution in [0.15, 0.2) is 102 Å². The van der Waals surface area contributed by atoms with Crippen LogP contribution in [-0.4, -0.2) is 37.2 Å². The van der Waals surface area contributed by atoms with E-state index in [1.54, 1.807) is 72.8 Å². The van der Waals surface area contributed by atoms with Crippen molar-refractivity contribution in [2.45, 2.75) is 75.1 Å². The summed E-state index contributed by atoms with van der Waals surface area (Å²) in [5.41, 5.74) is 2.13. The van der Waals surface area contributed by atoms with Gasteiger partial charge < -0.3 is 14.4 Å². The zero-order valence-electron chi connectivity index (χ0n) is 31.5. The third-order valence-corrected chi connectivity index (χ3v) is 12.6. The lowest BCUT2D eigenvalue weighted by Gasteiger charge is -2.41. The smallest absolute Gasteiger partial charge is 0.342 e. The molecular weight excluding hydrogens is 799 g/mol. The molecule has 2 fully saturated rings. The first-order valence-corrected chi connectivity index (χ1v) is 20.4. The lowest BCUT2D eigenvalue weighted by atomic mass is 9.84. The first-order chi connectivity index (χ1) is 28.3. The molecule has 7 rings (SSSR count). The second-order valence-electron chi connectivity index (χ2n) is 14.5. The molecule has 15 heteroatoms. The van der Waals surface area contributed by atoms with Crippen LogP contribution in [0.3, 0.4) is 0 Å². The molecule has 2 aliphatic rings. The van der Waals surface area contributed by atoms with Crippen LogP contribution in [0.25, 0.3) is 0 Å². The summed E-state index contributed by atoms with van der Waals surface area (Å²) in [5, 5.41) is 0. The number of carbonyl (C=O) groups excluding carboxylic acids is 2. The van der Waals surface area contributed by atoms with E-state index in [-0.39, 0.29) is 37.5 Å². The zero-order valence-corrected chi connectivity index (χ0v) is 32.3. The Morgan fingerprint density at radius 1 is 0.678 bits per heavy atom. The topological polar surface area (TPSA) is 93.2 Å². The first kappa shape index (κ1) is 41.5. The highest BCUT2D eigenvalue weighted by Crippen LogP contribution is 2.38. The van der Waals surface area contributed by atoms with E-state index in [0.717, 1.165) is 54.7 Å². The standard InChI is InChI=1S/C44H38F6N2O6S/c45-33-22-32(44(54)58-26-29-12-6-2-7-13-29)36(57-25-28-10-4-1-5-11-28)23-35(33)51(24-27-16-18-31(19-17-27)30-14-8-3-9-15-30)43(53)34-20-21-52(34)59(55,56)42-40(49)38(47)37(46)39(48)41(42)50/h1-2,4-7,10-13,16-19,22-23,30,34H,3,8-9,14-15,20-21,24-26H2/t34-/m1/s1. The number of anilines is 1. The van der Waals surface area contributed by atoms with Gasteiger partial charge in [0.25, 0.3) is 0 Å². The summed E-state index contributed by atoms with van der Waals surface area (Å²) < 4.78 is 128. The molecule has 1 aliphatic heterocycles. The number of carbonyl (C=O) groups is 2. The van der Waals surface area contributed by atoms with Gasteiger partial charge in [-0.05, 0) is 53.5 Å². The summed E-state index contributed by atoms with van der Waals surface area (Å²) in [6, 6.07) is 25.0. The van der Waals surface area contributed by atoms with Gasteiger partial charge in [-0.15, -0.1) is 0 Å². The fraction of sp³-hybridized carbons (Fsp3) is 0.273. The van der Waals surface area contributed by atoms with Crippen LogP contribution < -0.4 is 9.64 Å². The summed E-state index contributed by atoms with van der Waals surface area (Å²) in [5.74, 6) is -15.7. The molecule has 0 N–H and O–H groups in total. The SMILES string of the molecule is O=C(OCc1ccccc1)c1cc(F)c(N(Cc2ccc(C3CCCCC3)cc2)C(=O)[C@H]2CCN2S(=O)(=O)c2c(F)c(F)c(F)c(F)c2F)cc1OCc1ccccc1. The molecule has 0 unspecified atom stereocenters. The van der Waals surface area contributed by atoms with Gasteiger partial charge in [-0.1, -0.05) is 104 Å². The number of ether oxygens (including phenoxy) is 2. The Bertz CT molecular complexity index is 2420. The van der Waals surface area contributed by atoms with E-state index in [1.165, 1.54) is 0 Å². The molecule has 1 atom stereocenters. The van der Waals surface area contributed by atoms with Crippen molar-refractivity contribution in [1.29, 1.82) is 0 Å². The third kappa shape index (κ3) is 8.71. The van der Waals surface area contributed by atoms with Gasteiger partial charge in [0.05, 0.1) is 12.2 Å². The molecule has 5 aromatic carbocycles. The second kappa shape index (κ2) is 17.7. The van der Waals surface area contributed by atoms with Gasteiger partial charge in [0, 0.05) is 12.6 Å². The Morgan fingerprint density at radius 2 is 1.25 bits per heavy atom. The minimum atomic E-state index is -5.52. The number of hydrogen-bond acceptors (Lipinski definition) is 6. The van der Waals surface area contributed by atoms with Gasteiger partial charge in [0.2, 0.25) is 21.7 Å². The van der Waals surface area contributed by atoms with Crippen LogP contribution in [-0.2, 0) is 39.3 Å². The number of hydrogen-bond donors (Lipinski definition) is 0. The van der Waals surface area contributed by atoms with E-state index in [0.29, 0.717) is 26.9 Å². The highest BCUT2D eigenvalue weighted by molar-refractivity contribution is 7.89. The van der Waals surface area contributed by atoms with E-state index in [9.17, 15) is 40.0 Å². The number of esters is 1. The van der Waals surface area contributed by atoms with E-state index in [1.807, 2.05) is 12.1 Å². The van der Waals surface area contributed by atoms with Gasteiger partial charge in [0.15, 0.2) is 28.2 Å². The van der Waals surface area contributed by atoms with Crippen LogP contribution in [0.4, 0.5) is 32.0 Å². The molecule has 0 spiro atoms.